The van der Waals surface area contributed by atoms with Gasteiger partial charge in [-0.25, -0.2) is 23.1 Å². The van der Waals surface area contributed by atoms with Gasteiger partial charge in [0.05, 0.1) is 12.4 Å². The highest BCUT2D eigenvalue weighted by atomic mass is 32.2. The van der Waals surface area contributed by atoms with Crippen molar-refractivity contribution in [2.45, 2.75) is 31.1 Å². The highest BCUT2D eigenvalue weighted by Gasteiger charge is 2.41. The van der Waals surface area contributed by atoms with E-state index in [0.717, 1.165) is 19.3 Å². The van der Waals surface area contributed by atoms with E-state index in [9.17, 15) is 8.42 Å². The van der Waals surface area contributed by atoms with E-state index in [-0.39, 0.29) is 16.3 Å². The summed E-state index contributed by atoms with van der Waals surface area (Å²) in [6.45, 7) is 2.56. The van der Waals surface area contributed by atoms with Gasteiger partial charge in [-0.1, -0.05) is 6.92 Å². The molecule has 1 fully saturated rings. The quantitative estimate of drug-likeness (QED) is 0.800. The summed E-state index contributed by atoms with van der Waals surface area (Å²) >= 11 is 0. The summed E-state index contributed by atoms with van der Waals surface area (Å²) < 4.78 is 26.4. The first-order valence-corrected chi connectivity index (χ1v) is 7.03. The SMILES string of the molecule is CCC1(CNS(=O)(=O)c2cnc(N)nc2)CC1. The largest absolute Gasteiger partial charge is 0.368 e. The first kappa shape index (κ1) is 12.3. The molecule has 3 N–H and O–H groups in total. The average Bonchev–Trinajstić information content (AvgIpc) is 3.08. The zero-order valence-corrected chi connectivity index (χ0v) is 10.5. The molecule has 0 unspecified atom stereocenters. The van der Waals surface area contributed by atoms with E-state index in [1.165, 1.54) is 12.4 Å². The predicted octanol–water partition coefficient (Wildman–Crippen LogP) is 0.527. The fraction of sp³-hybridized carbons (Fsp3) is 0.600. The van der Waals surface area contributed by atoms with Crippen LogP contribution in [0.4, 0.5) is 5.95 Å². The van der Waals surface area contributed by atoms with Crippen molar-refractivity contribution < 1.29 is 8.42 Å². The Morgan fingerprint density at radius 3 is 2.47 bits per heavy atom. The van der Waals surface area contributed by atoms with Crippen LogP contribution < -0.4 is 10.5 Å². The van der Waals surface area contributed by atoms with E-state index in [1.54, 1.807) is 0 Å². The van der Waals surface area contributed by atoms with Crippen molar-refractivity contribution in [1.82, 2.24) is 14.7 Å². The van der Waals surface area contributed by atoms with Crippen molar-refractivity contribution in [1.29, 1.82) is 0 Å². The minimum absolute atomic E-state index is 0.0543. The lowest BCUT2D eigenvalue weighted by Gasteiger charge is -2.13. The lowest BCUT2D eigenvalue weighted by molar-refractivity contribution is 0.475. The van der Waals surface area contributed by atoms with E-state index in [4.69, 9.17) is 5.73 Å². The Morgan fingerprint density at radius 2 is 2.00 bits per heavy atom. The van der Waals surface area contributed by atoms with Gasteiger partial charge in [0.25, 0.3) is 0 Å². The minimum atomic E-state index is -3.51. The van der Waals surface area contributed by atoms with Gasteiger partial charge in [-0.15, -0.1) is 0 Å². The van der Waals surface area contributed by atoms with Crippen LogP contribution >= 0.6 is 0 Å². The van der Waals surface area contributed by atoms with Crippen molar-refractivity contribution in [3.8, 4) is 0 Å². The van der Waals surface area contributed by atoms with E-state index < -0.39 is 10.0 Å². The van der Waals surface area contributed by atoms with Crippen molar-refractivity contribution in [2.75, 3.05) is 12.3 Å². The Hall–Kier alpha value is -1.21. The van der Waals surface area contributed by atoms with Gasteiger partial charge in [0.1, 0.15) is 4.90 Å². The predicted molar refractivity (Wildman–Crippen MR) is 63.6 cm³/mol. The maximum absolute atomic E-state index is 11.9. The van der Waals surface area contributed by atoms with Gasteiger partial charge in [-0.2, -0.15) is 0 Å². The molecule has 1 heterocycles. The number of rotatable bonds is 5. The zero-order valence-electron chi connectivity index (χ0n) is 9.68. The number of hydrogen-bond donors (Lipinski definition) is 2. The Labute approximate surface area is 101 Å². The topological polar surface area (TPSA) is 98.0 Å². The van der Waals surface area contributed by atoms with Crippen LogP contribution in [0.1, 0.15) is 26.2 Å². The Bertz CT molecular complexity index is 494. The van der Waals surface area contributed by atoms with Crippen LogP contribution in [0.5, 0.6) is 0 Å². The lowest BCUT2D eigenvalue weighted by atomic mass is 10.1. The van der Waals surface area contributed by atoms with E-state index in [0.29, 0.717) is 6.54 Å². The molecule has 0 amide bonds. The van der Waals surface area contributed by atoms with Crippen molar-refractivity contribution in [3.63, 3.8) is 0 Å². The summed E-state index contributed by atoms with van der Waals surface area (Å²) in [6.07, 6.45) is 5.61. The van der Waals surface area contributed by atoms with Gasteiger partial charge >= 0.3 is 0 Å². The Balaban J connectivity index is 2.06. The molecule has 1 saturated carbocycles. The molecule has 7 heteroatoms. The second-order valence-electron chi connectivity index (χ2n) is 4.46. The van der Waals surface area contributed by atoms with E-state index >= 15 is 0 Å². The molecule has 1 aliphatic carbocycles. The molecule has 1 aromatic heterocycles. The molecule has 0 radical (unpaired) electrons. The third kappa shape index (κ3) is 2.73. The van der Waals surface area contributed by atoms with Gasteiger partial charge in [-0.05, 0) is 24.7 Å². The monoisotopic (exact) mass is 256 g/mol. The van der Waals surface area contributed by atoms with Gasteiger partial charge in [0, 0.05) is 6.54 Å². The first-order chi connectivity index (χ1) is 7.97. The summed E-state index contributed by atoms with van der Waals surface area (Å²) in [5.74, 6) is 0.0659. The number of nitrogens with two attached hydrogens (primary N) is 1. The number of nitrogens with one attached hydrogen (secondary N) is 1. The van der Waals surface area contributed by atoms with Crippen LogP contribution in [-0.2, 0) is 10.0 Å². The van der Waals surface area contributed by atoms with Crippen LogP contribution in [-0.4, -0.2) is 24.9 Å². The van der Waals surface area contributed by atoms with Gasteiger partial charge in [0.2, 0.25) is 16.0 Å². The third-order valence-corrected chi connectivity index (χ3v) is 4.66. The van der Waals surface area contributed by atoms with Gasteiger partial charge in [-0.3, -0.25) is 0 Å². The van der Waals surface area contributed by atoms with E-state index in [1.807, 2.05) is 0 Å². The van der Waals surface area contributed by atoms with Crippen LogP contribution in [0.25, 0.3) is 0 Å². The second-order valence-corrected chi connectivity index (χ2v) is 6.22. The van der Waals surface area contributed by atoms with Crippen molar-refractivity contribution >= 4 is 16.0 Å². The summed E-state index contributed by atoms with van der Waals surface area (Å²) in [5, 5.41) is 0. The highest BCUT2D eigenvalue weighted by molar-refractivity contribution is 7.89. The van der Waals surface area contributed by atoms with Crippen LogP contribution in [0.15, 0.2) is 17.3 Å². The molecule has 1 aliphatic rings. The second kappa shape index (κ2) is 4.23. The highest BCUT2D eigenvalue weighted by Crippen LogP contribution is 2.48. The molecule has 6 nitrogen and oxygen atoms in total. The van der Waals surface area contributed by atoms with Gasteiger partial charge in [0.15, 0.2) is 0 Å². The maximum Gasteiger partial charge on any atom is 0.243 e. The first-order valence-electron chi connectivity index (χ1n) is 5.55. The van der Waals surface area contributed by atoms with E-state index in [2.05, 4.69) is 21.6 Å². The molecule has 0 atom stereocenters. The number of nitrogens with zero attached hydrogens (tertiary/aromatic N) is 2. The number of sulfonamides is 1. The summed E-state index contributed by atoms with van der Waals surface area (Å²) in [4.78, 5) is 7.40. The molecular formula is C10H16N4O2S. The van der Waals surface area contributed by atoms with Crippen LogP contribution in [0.3, 0.4) is 0 Å². The smallest absolute Gasteiger partial charge is 0.243 e. The average molecular weight is 256 g/mol. The van der Waals surface area contributed by atoms with Crippen molar-refractivity contribution in [2.24, 2.45) is 5.41 Å². The zero-order chi connectivity index (χ0) is 12.5. The van der Waals surface area contributed by atoms with Crippen LogP contribution in [0, 0.1) is 5.41 Å². The maximum atomic E-state index is 11.9. The molecule has 0 saturated heterocycles. The number of hydrogen-bond acceptors (Lipinski definition) is 5. The number of aromatic nitrogens is 2. The summed E-state index contributed by atoms with van der Waals surface area (Å²) in [6, 6.07) is 0. The molecule has 0 bridgehead atoms. The molecule has 2 rings (SSSR count). The normalized spacial score (nSPS) is 17.9. The molecule has 0 aliphatic heterocycles. The van der Waals surface area contributed by atoms with Gasteiger partial charge < -0.3 is 5.73 Å². The fourth-order valence-electron chi connectivity index (χ4n) is 1.63. The van der Waals surface area contributed by atoms with Crippen molar-refractivity contribution in [3.05, 3.63) is 12.4 Å². The Kier molecular flexibility index (Phi) is 3.05. The molecule has 1 aromatic rings. The molecule has 0 spiro atoms. The fourth-order valence-corrected chi connectivity index (χ4v) is 2.67. The van der Waals surface area contributed by atoms with Crippen LogP contribution in [0.2, 0.25) is 0 Å². The number of nitrogen functional groups attached to an aromatic ring is 1. The lowest BCUT2D eigenvalue weighted by Crippen LogP contribution is -2.30. The summed E-state index contributed by atoms with van der Waals surface area (Å²) in [7, 11) is -3.51. The molecule has 94 valence electrons. The standard InChI is InChI=1S/C10H16N4O2S/c1-2-10(3-4-10)7-14-17(15,16)8-5-12-9(11)13-6-8/h5-6,14H,2-4,7H2,1H3,(H2,11,12,13). The third-order valence-electron chi connectivity index (χ3n) is 3.30. The molecule has 0 aromatic carbocycles. The number of anilines is 1. The summed E-state index contributed by atoms with van der Waals surface area (Å²) in [5.41, 5.74) is 5.48. The minimum Gasteiger partial charge on any atom is -0.368 e. The molecular weight excluding hydrogens is 240 g/mol. The Morgan fingerprint density at radius 1 is 1.41 bits per heavy atom. The molecule has 17 heavy (non-hydrogen) atoms.